The van der Waals surface area contributed by atoms with Gasteiger partial charge in [0.2, 0.25) is 0 Å². The van der Waals surface area contributed by atoms with E-state index in [4.69, 9.17) is 4.52 Å². The number of aromatic nitrogens is 3. The lowest BCUT2D eigenvalue weighted by Gasteiger charge is -2.24. The number of guanidine groups is 1. The summed E-state index contributed by atoms with van der Waals surface area (Å²) in [6, 6.07) is 16.3. The van der Waals surface area contributed by atoms with E-state index < -0.39 is 0 Å². The number of rotatable bonds is 8. The van der Waals surface area contributed by atoms with Gasteiger partial charge >= 0.3 is 0 Å². The zero-order valence-electron chi connectivity index (χ0n) is 17.6. The Hall–Kier alpha value is -2.49. The van der Waals surface area contributed by atoms with Gasteiger partial charge in [0.1, 0.15) is 5.69 Å². The fraction of sp³-hybridized carbons (Fsp3) is 0.364. The highest BCUT2D eigenvalue weighted by Crippen LogP contribution is 2.18. The molecule has 0 saturated carbocycles. The fourth-order valence-electron chi connectivity index (χ4n) is 2.92. The van der Waals surface area contributed by atoms with Crippen LogP contribution in [0.4, 0.5) is 0 Å². The van der Waals surface area contributed by atoms with E-state index in [0.29, 0.717) is 36.3 Å². The van der Waals surface area contributed by atoms with Crippen LogP contribution in [0.2, 0.25) is 0 Å². The van der Waals surface area contributed by atoms with Crippen molar-refractivity contribution in [2.45, 2.75) is 39.2 Å². The molecule has 0 spiro atoms. The Morgan fingerprint density at radius 1 is 1.10 bits per heavy atom. The average molecular weight is 520 g/mol. The molecule has 8 heteroatoms. The highest BCUT2D eigenvalue weighted by atomic mass is 127. The van der Waals surface area contributed by atoms with Crippen LogP contribution in [0.3, 0.4) is 0 Å². The maximum atomic E-state index is 5.30. The molecular weight excluding hydrogens is 491 g/mol. The Labute approximate surface area is 194 Å². The van der Waals surface area contributed by atoms with Crippen molar-refractivity contribution in [3.05, 3.63) is 66.1 Å². The molecule has 0 aliphatic heterocycles. The number of hydrogen-bond acceptors (Lipinski definition) is 5. The number of halogens is 1. The molecule has 30 heavy (non-hydrogen) atoms. The topological polar surface area (TPSA) is 88.2 Å². The zero-order valence-corrected chi connectivity index (χ0v) is 19.9. The lowest BCUT2D eigenvalue weighted by molar-refractivity contribution is 0.421. The van der Waals surface area contributed by atoms with E-state index >= 15 is 0 Å². The first-order chi connectivity index (χ1) is 14.2. The van der Waals surface area contributed by atoms with Gasteiger partial charge in [0.25, 0.3) is 5.89 Å². The quantitative estimate of drug-likeness (QED) is 0.265. The third-order valence-corrected chi connectivity index (χ3v) is 4.74. The summed E-state index contributed by atoms with van der Waals surface area (Å²) < 4.78 is 5.30. The summed E-state index contributed by atoms with van der Waals surface area (Å²) in [5.74, 6) is 2.20. The molecule has 2 N–H and O–H groups in total. The van der Waals surface area contributed by atoms with E-state index in [2.05, 4.69) is 75.8 Å². The van der Waals surface area contributed by atoms with Crippen LogP contribution in [0.25, 0.3) is 11.6 Å². The number of pyridine rings is 1. The third kappa shape index (κ3) is 6.79. The minimum absolute atomic E-state index is 0. The monoisotopic (exact) mass is 520 g/mol. The fourth-order valence-corrected chi connectivity index (χ4v) is 2.92. The first-order valence-corrected chi connectivity index (χ1v) is 10.0. The van der Waals surface area contributed by atoms with Gasteiger partial charge in [-0.2, -0.15) is 4.98 Å². The van der Waals surface area contributed by atoms with Gasteiger partial charge in [-0.3, -0.25) is 9.98 Å². The Morgan fingerprint density at radius 2 is 1.87 bits per heavy atom. The van der Waals surface area contributed by atoms with Gasteiger partial charge in [-0.05, 0) is 31.5 Å². The second-order valence-electron chi connectivity index (χ2n) is 6.87. The number of aliphatic imine (C=N–C) groups is 1. The standard InChI is InChI=1S/C22H28N6O.HI/c1-4-23-22(26-17(3)16(2)18-10-6-5-7-11-18)25-15-13-20-27-21(29-28-20)19-12-8-9-14-24-19;/h5-12,14,16-17H,4,13,15H2,1-3H3,(H2,23,25,26);1H. The predicted molar refractivity (Wildman–Crippen MR) is 130 cm³/mol. The SMILES string of the molecule is CCNC(=NCCc1noc(-c2ccccn2)n1)NC(C)C(C)c1ccccc1.I. The molecule has 0 aliphatic carbocycles. The summed E-state index contributed by atoms with van der Waals surface area (Å²) >= 11 is 0. The Kier molecular flexibility index (Phi) is 9.72. The van der Waals surface area contributed by atoms with Gasteiger partial charge in [-0.25, -0.2) is 0 Å². The molecule has 0 amide bonds. The van der Waals surface area contributed by atoms with Crippen LogP contribution in [-0.2, 0) is 6.42 Å². The molecule has 0 saturated heterocycles. The number of nitrogens with zero attached hydrogens (tertiary/aromatic N) is 4. The van der Waals surface area contributed by atoms with E-state index in [1.54, 1.807) is 6.20 Å². The maximum absolute atomic E-state index is 5.30. The summed E-state index contributed by atoms with van der Waals surface area (Å²) in [4.78, 5) is 13.3. The van der Waals surface area contributed by atoms with Gasteiger partial charge < -0.3 is 15.2 Å². The van der Waals surface area contributed by atoms with Gasteiger partial charge in [-0.1, -0.05) is 48.5 Å². The summed E-state index contributed by atoms with van der Waals surface area (Å²) in [6.45, 7) is 7.80. The van der Waals surface area contributed by atoms with Crippen LogP contribution in [0, 0.1) is 0 Å². The minimum atomic E-state index is 0. The normalized spacial score (nSPS) is 13.2. The average Bonchev–Trinajstić information content (AvgIpc) is 3.23. The summed E-state index contributed by atoms with van der Waals surface area (Å²) in [5, 5.41) is 10.8. The number of nitrogens with one attached hydrogen (secondary N) is 2. The molecule has 1 aromatic carbocycles. The summed E-state index contributed by atoms with van der Waals surface area (Å²) in [7, 11) is 0. The van der Waals surface area contributed by atoms with E-state index in [1.165, 1.54) is 5.56 Å². The van der Waals surface area contributed by atoms with Crippen LogP contribution in [-0.4, -0.2) is 40.2 Å². The molecule has 2 atom stereocenters. The third-order valence-electron chi connectivity index (χ3n) is 4.74. The molecule has 2 heterocycles. The number of hydrogen-bond donors (Lipinski definition) is 2. The van der Waals surface area contributed by atoms with Gasteiger partial charge in [0.15, 0.2) is 11.8 Å². The highest BCUT2D eigenvalue weighted by Gasteiger charge is 2.15. The second-order valence-corrected chi connectivity index (χ2v) is 6.87. The summed E-state index contributed by atoms with van der Waals surface area (Å²) in [5.41, 5.74) is 1.98. The first-order valence-electron chi connectivity index (χ1n) is 10.0. The molecule has 3 aromatic rings. The first kappa shape index (κ1) is 23.8. The van der Waals surface area contributed by atoms with Crippen LogP contribution < -0.4 is 10.6 Å². The molecule has 7 nitrogen and oxygen atoms in total. The summed E-state index contributed by atoms with van der Waals surface area (Å²) in [6.07, 6.45) is 2.30. The van der Waals surface area contributed by atoms with Crippen molar-refractivity contribution in [1.29, 1.82) is 0 Å². The lowest BCUT2D eigenvalue weighted by atomic mass is 9.94. The maximum Gasteiger partial charge on any atom is 0.276 e. The predicted octanol–water partition coefficient (Wildman–Crippen LogP) is 4.04. The van der Waals surface area contributed by atoms with Gasteiger partial charge in [-0.15, -0.1) is 24.0 Å². The van der Waals surface area contributed by atoms with Gasteiger partial charge in [0.05, 0.1) is 0 Å². The molecule has 2 unspecified atom stereocenters. The van der Waals surface area contributed by atoms with E-state index in [9.17, 15) is 0 Å². The van der Waals surface area contributed by atoms with Crippen LogP contribution >= 0.6 is 24.0 Å². The molecular formula is C22H29IN6O. The molecule has 0 bridgehead atoms. The molecule has 0 aliphatic rings. The molecule has 0 radical (unpaired) electrons. The molecule has 0 fully saturated rings. The Bertz CT molecular complexity index is 900. The van der Waals surface area contributed by atoms with Crippen molar-refractivity contribution in [3.8, 4) is 11.6 Å². The van der Waals surface area contributed by atoms with Crippen molar-refractivity contribution in [1.82, 2.24) is 25.8 Å². The smallest absolute Gasteiger partial charge is 0.276 e. The minimum Gasteiger partial charge on any atom is -0.357 e. The molecule has 160 valence electrons. The van der Waals surface area contributed by atoms with E-state index in [1.807, 2.05) is 24.3 Å². The van der Waals surface area contributed by atoms with Crippen molar-refractivity contribution in [2.75, 3.05) is 13.1 Å². The van der Waals surface area contributed by atoms with Crippen LogP contribution in [0.1, 0.15) is 38.1 Å². The van der Waals surface area contributed by atoms with Crippen molar-refractivity contribution < 1.29 is 4.52 Å². The molecule has 2 aromatic heterocycles. The Morgan fingerprint density at radius 3 is 2.57 bits per heavy atom. The van der Waals surface area contributed by atoms with Crippen LogP contribution in [0.5, 0.6) is 0 Å². The number of benzene rings is 1. The van der Waals surface area contributed by atoms with E-state index in [0.717, 1.165) is 12.5 Å². The second kappa shape index (κ2) is 12.3. The van der Waals surface area contributed by atoms with Crippen molar-refractivity contribution in [3.63, 3.8) is 0 Å². The highest BCUT2D eigenvalue weighted by molar-refractivity contribution is 14.0. The van der Waals surface area contributed by atoms with Crippen molar-refractivity contribution >= 4 is 29.9 Å². The van der Waals surface area contributed by atoms with E-state index in [-0.39, 0.29) is 30.0 Å². The largest absolute Gasteiger partial charge is 0.357 e. The van der Waals surface area contributed by atoms with Crippen molar-refractivity contribution in [2.24, 2.45) is 4.99 Å². The lowest BCUT2D eigenvalue weighted by Crippen LogP contribution is -2.44. The van der Waals surface area contributed by atoms with Gasteiger partial charge in [0, 0.05) is 37.7 Å². The van der Waals surface area contributed by atoms with Crippen LogP contribution in [0.15, 0.2) is 64.2 Å². The molecule has 3 rings (SSSR count). The zero-order chi connectivity index (χ0) is 20.5. The Balaban J connectivity index is 0.00000320.